The number of benzene rings is 2. The maximum absolute atomic E-state index is 12.1. The molecule has 0 radical (unpaired) electrons. The summed E-state index contributed by atoms with van der Waals surface area (Å²) in [6, 6.07) is 12.4. The van der Waals surface area contributed by atoms with E-state index in [1.807, 2.05) is 6.92 Å². The highest BCUT2D eigenvalue weighted by Gasteiger charge is 2.14. The molecule has 0 atom stereocenters. The minimum absolute atomic E-state index is 0.113. The second kappa shape index (κ2) is 9.29. The largest absolute Gasteiger partial charge is 0.478 e. The topological polar surface area (TPSA) is 113 Å². The van der Waals surface area contributed by atoms with Gasteiger partial charge in [-0.1, -0.05) is 25.1 Å². The summed E-state index contributed by atoms with van der Waals surface area (Å²) in [5.74, 6) is -1.31. The van der Waals surface area contributed by atoms with Crippen LogP contribution in [0.5, 0.6) is 0 Å². The predicted octanol–water partition coefficient (Wildman–Crippen LogP) is 2.64. The van der Waals surface area contributed by atoms with Crippen LogP contribution in [0.3, 0.4) is 0 Å². The molecule has 1 amide bonds. The molecule has 0 heterocycles. The third kappa shape index (κ3) is 5.90. The third-order valence-corrected chi connectivity index (χ3v) is 5.34. The Morgan fingerprint density at radius 1 is 1.04 bits per heavy atom. The third-order valence-electron chi connectivity index (χ3n) is 3.86. The molecule has 0 saturated heterocycles. The smallest absolute Gasteiger partial charge is 0.335 e. The van der Waals surface area contributed by atoms with Crippen LogP contribution in [0.25, 0.3) is 0 Å². The molecule has 2 rings (SSSR count). The fraction of sp³-hybridized carbons (Fsp3) is 0.263. The van der Waals surface area contributed by atoms with Crippen molar-refractivity contribution in [3.63, 3.8) is 0 Å². The SMILES string of the molecule is CCCNS(=O)(=O)c1ccc(NC(=O)CCc2ccccc2C(=O)O)cc1. The molecule has 0 spiro atoms. The molecule has 7 nitrogen and oxygen atoms in total. The lowest BCUT2D eigenvalue weighted by Gasteiger charge is -2.09. The zero-order valence-corrected chi connectivity index (χ0v) is 15.8. The van der Waals surface area contributed by atoms with E-state index in [0.29, 0.717) is 30.6 Å². The highest BCUT2D eigenvalue weighted by atomic mass is 32.2. The van der Waals surface area contributed by atoms with Crippen molar-refractivity contribution in [1.82, 2.24) is 4.72 Å². The summed E-state index contributed by atoms with van der Waals surface area (Å²) >= 11 is 0. The van der Waals surface area contributed by atoms with Gasteiger partial charge in [-0.05, 0) is 48.7 Å². The molecule has 2 aromatic rings. The summed E-state index contributed by atoms with van der Waals surface area (Å²) in [6.45, 7) is 2.23. The van der Waals surface area contributed by atoms with Crippen LogP contribution in [0.2, 0.25) is 0 Å². The number of carbonyl (C=O) groups is 2. The van der Waals surface area contributed by atoms with E-state index in [4.69, 9.17) is 5.11 Å². The summed E-state index contributed by atoms with van der Waals surface area (Å²) in [4.78, 5) is 23.4. The number of carboxylic acids is 1. The van der Waals surface area contributed by atoms with Gasteiger partial charge in [0.15, 0.2) is 0 Å². The second-order valence-corrected chi connectivity index (χ2v) is 7.70. The molecule has 0 bridgehead atoms. The number of hydrogen-bond donors (Lipinski definition) is 3. The van der Waals surface area contributed by atoms with Gasteiger partial charge in [0, 0.05) is 18.7 Å². The molecule has 0 saturated carbocycles. The monoisotopic (exact) mass is 390 g/mol. The molecule has 0 aliphatic rings. The van der Waals surface area contributed by atoms with Crippen molar-refractivity contribution < 1.29 is 23.1 Å². The Morgan fingerprint density at radius 2 is 1.70 bits per heavy atom. The Morgan fingerprint density at radius 3 is 2.33 bits per heavy atom. The molecule has 27 heavy (non-hydrogen) atoms. The molecule has 0 aromatic heterocycles. The Hall–Kier alpha value is -2.71. The first-order chi connectivity index (χ1) is 12.8. The highest BCUT2D eigenvalue weighted by molar-refractivity contribution is 7.89. The van der Waals surface area contributed by atoms with Crippen molar-refractivity contribution >= 4 is 27.6 Å². The number of sulfonamides is 1. The molecule has 3 N–H and O–H groups in total. The fourth-order valence-electron chi connectivity index (χ4n) is 2.46. The van der Waals surface area contributed by atoms with Crippen LogP contribution in [0.4, 0.5) is 5.69 Å². The van der Waals surface area contributed by atoms with Gasteiger partial charge in [0.2, 0.25) is 15.9 Å². The number of carbonyl (C=O) groups excluding carboxylic acids is 1. The number of amides is 1. The van der Waals surface area contributed by atoms with Crippen LogP contribution >= 0.6 is 0 Å². The van der Waals surface area contributed by atoms with Gasteiger partial charge in [-0.25, -0.2) is 17.9 Å². The number of nitrogens with one attached hydrogen (secondary N) is 2. The first kappa shape index (κ1) is 20.6. The van der Waals surface area contributed by atoms with E-state index in [1.165, 1.54) is 30.3 Å². The summed E-state index contributed by atoms with van der Waals surface area (Å²) in [7, 11) is -3.55. The first-order valence-electron chi connectivity index (χ1n) is 8.54. The number of aryl methyl sites for hydroxylation is 1. The molecule has 8 heteroatoms. The van der Waals surface area contributed by atoms with E-state index >= 15 is 0 Å². The molecular weight excluding hydrogens is 368 g/mol. The molecule has 2 aromatic carbocycles. The van der Waals surface area contributed by atoms with E-state index in [1.54, 1.807) is 18.2 Å². The fourth-order valence-corrected chi connectivity index (χ4v) is 3.59. The number of aromatic carboxylic acids is 1. The van der Waals surface area contributed by atoms with Crippen molar-refractivity contribution in [2.45, 2.75) is 31.1 Å². The van der Waals surface area contributed by atoms with Gasteiger partial charge in [0.05, 0.1) is 10.5 Å². The van der Waals surface area contributed by atoms with Crippen LogP contribution in [0.15, 0.2) is 53.4 Å². The second-order valence-electron chi connectivity index (χ2n) is 5.93. The van der Waals surface area contributed by atoms with Crippen molar-refractivity contribution in [3.05, 3.63) is 59.7 Å². The van der Waals surface area contributed by atoms with Crippen LogP contribution in [0, 0.1) is 0 Å². The van der Waals surface area contributed by atoms with E-state index in [0.717, 1.165) is 0 Å². The molecular formula is C19H22N2O5S. The maximum atomic E-state index is 12.1. The van der Waals surface area contributed by atoms with E-state index in [9.17, 15) is 18.0 Å². The van der Waals surface area contributed by atoms with Crippen molar-refractivity contribution in [3.8, 4) is 0 Å². The quantitative estimate of drug-likeness (QED) is 0.609. The van der Waals surface area contributed by atoms with Crippen LogP contribution in [-0.2, 0) is 21.2 Å². The average molecular weight is 390 g/mol. The zero-order chi connectivity index (χ0) is 19.9. The first-order valence-corrected chi connectivity index (χ1v) is 10.0. The van der Waals surface area contributed by atoms with Gasteiger partial charge < -0.3 is 10.4 Å². The summed E-state index contributed by atoms with van der Waals surface area (Å²) in [5.41, 5.74) is 1.24. The summed E-state index contributed by atoms with van der Waals surface area (Å²) in [5, 5.41) is 11.8. The lowest BCUT2D eigenvalue weighted by atomic mass is 10.0. The van der Waals surface area contributed by atoms with Gasteiger partial charge in [-0.15, -0.1) is 0 Å². The summed E-state index contributed by atoms with van der Waals surface area (Å²) < 4.78 is 26.5. The number of anilines is 1. The zero-order valence-electron chi connectivity index (χ0n) is 14.9. The van der Waals surface area contributed by atoms with Gasteiger partial charge in [0.1, 0.15) is 0 Å². The van der Waals surface area contributed by atoms with Crippen LogP contribution in [0.1, 0.15) is 35.7 Å². The molecule has 0 aliphatic heterocycles. The average Bonchev–Trinajstić information content (AvgIpc) is 2.65. The standard InChI is InChI=1S/C19H22N2O5S/c1-2-13-20-27(25,26)16-10-8-15(9-11-16)21-18(22)12-7-14-5-3-4-6-17(14)19(23)24/h3-6,8-11,20H,2,7,12-13H2,1H3,(H,21,22)(H,23,24). The number of hydrogen-bond acceptors (Lipinski definition) is 4. The van der Waals surface area contributed by atoms with Crippen molar-refractivity contribution in [1.29, 1.82) is 0 Å². The van der Waals surface area contributed by atoms with E-state index < -0.39 is 16.0 Å². The minimum atomic E-state index is -3.55. The van der Waals surface area contributed by atoms with E-state index in [-0.39, 0.29) is 22.8 Å². The Balaban J connectivity index is 1.96. The van der Waals surface area contributed by atoms with Crippen molar-refractivity contribution in [2.75, 3.05) is 11.9 Å². The maximum Gasteiger partial charge on any atom is 0.335 e. The Labute approximate surface area is 158 Å². The lowest BCUT2D eigenvalue weighted by molar-refractivity contribution is -0.116. The van der Waals surface area contributed by atoms with Crippen LogP contribution in [-0.4, -0.2) is 31.9 Å². The van der Waals surface area contributed by atoms with Gasteiger partial charge in [0.25, 0.3) is 0 Å². The molecule has 0 unspecified atom stereocenters. The Kier molecular flexibility index (Phi) is 7.09. The van der Waals surface area contributed by atoms with Crippen molar-refractivity contribution in [2.24, 2.45) is 0 Å². The number of carboxylic acid groups (broad SMARTS) is 1. The van der Waals surface area contributed by atoms with E-state index in [2.05, 4.69) is 10.0 Å². The van der Waals surface area contributed by atoms with Gasteiger partial charge >= 0.3 is 5.97 Å². The minimum Gasteiger partial charge on any atom is -0.478 e. The normalized spacial score (nSPS) is 11.1. The Bertz CT molecular complexity index is 908. The lowest BCUT2D eigenvalue weighted by Crippen LogP contribution is -2.24. The predicted molar refractivity (Wildman–Crippen MR) is 102 cm³/mol. The number of rotatable bonds is 9. The molecule has 0 aliphatic carbocycles. The molecule has 144 valence electrons. The summed E-state index contributed by atoms with van der Waals surface area (Å²) in [6.07, 6.45) is 1.10. The molecule has 0 fully saturated rings. The van der Waals surface area contributed by atoms with Crippen LogP contribution < -0.4 is 10.0 Å². The van der Waals surface area contributed by atoms with Gasteiger partial charge in [-0.2, -0.15) is 0 Å². The highest BCUT2D eigenvalue weighted by Crippen LogP contribution is 2.15. The van der Waals surface area contributed by atoms with Gasteiger partial charge in [-0.3, -0.25) is 4.79 Å².